The summed E-state index contributed by atoms with van der Waals surface area (Å²) in [5.74, 6) is 1.95. The van der Waals surface area contributed by atoms with Crippen LogP contribution in [0, 0.1) is 0 Å². The van der Waals surface area contributed by atoms with Crippen LogP contribution in [-0.4, -0.2) is 12.7 Å². The summed E-state index contributed by atoms with van der Waals surface area (Å²) in [6.07, 6.45) is 3.75. The van der Waals surface area contributed by atoms with Crippen molar-refractivity contribution < 1.29 is 9.47 Å². The summed E-state index contributed by atoms with van der Waals surface area (Å²) in [6.45, 7) is 1.27. The predicted octanol–water partition coefficient (Wildman–Crippen LogP) is 3.29. The fourth-order valence-electron chi connectivity index (χ4n) is 2.83. The predicted molar refractivity (Wildman–Crippen MR) is 82.6 cm³/mol. The van der Waals surface area contributed by atoms with Crippen LogP contribution in [-0.2, 0) is 13.0 Å². The Bertz CT molecular complexity index is 677. The van der Waals surface area contributed by atoms with E-state index >= 15 is 0 Å². The Morgan fingerprint density at radius 2 is 2.05 bits per heavy atom. The van der Waals surface area contributed by atoms with Gasteiger partial charge in [-0.1, -0.05) is 12.1 Å². The van der Waals surface area contributed by atoms with Gasteiger partial charge < -0.3 is 15.2 Å². The van der Waals surface area contributed by atoms with Crippen molar-refractivity contribution in [3.63, 3.8) is 0 Å². The fourth-order valence-corrected chi connectivity index (χ4v) is 2.83. The van der Waals surface area contributed by atoms with Gasteiger partial charge in [0.25, 0.3) is 0 Å². The average molecular weight is 281 g/mol. The van der Waals surface area contributed by atoms with Gasteiger partial charge in [0.1, 0.15) is 11.5 Å². The summed E-state index contributed by atoms with van der Waals surface area (Å²) in [5.41, 5.74) is 10.6. The molecule has 2 N–H and O–H groups in total. The molecule has 1 aliphatic heterocycles. The number of benzene rings is 2. The second-order valence-electron chi connectivity index (χ2n) is 5.77. The number of rotatable bonds is 4. The van der Waals surface area contributed by atoms with Crippen LogP contribution in [0.3, 0.4) is 0 Å². The first kappa shape index (κ1) is 12.7. The van der Waals surface area contributed by atoms with Gasteiger partial charge in [-0.2, -0.15) is 0 Å². The maximum Gasteiger partial charge on any atom is 0.127 e. The molecule has 0 amide bonds. The normalized spacial score (nSPS) is 16.4. The third-order valence-electron chi connectivity index (χ3n) is 4.07. The minimum atomic E-state index is 0.424. The summed E-state index contributed by atoms with van der Waals surface area (Å²) in [6, 6.07) is 12.7. The summed E-state index contributed by atoms with van der Waals surface area (Å²) in [7, 11) is 0. The van der Waals surface area contributed by atoms with Crippen LogP contribution in [0.25, 0.3) is 11.1 Å². The molecule has 1 fully saturated rings. The Morgan fingerprint density at radius 1 is 1.14 bits per heavy atom. The lowest BCUT2D eigenvalue weighted by Gasteiger charge is -2.11. The summed E-state index contributed by atoms with van der Waals surface area (Å²) < 4.78 is 11.6. The zero-order valence-electron chi connectivity index (χ0n) is 12.0. The second kappa shape index (κ2) is 5.08. The van der Waals surface area contributed by atoms with Gasteiger partial charge in [-0.05, 0) is 53.8 Å². The van der Waals surface area contributed by atoms with Gasteiger partial charge in [0.2, 0.25) is 0 Å². The minimum absolute atomic E-state index is 0.424. The van der Waals surface area contributed by atoms with Crippen molar-refractivity contribution in [1.82, 2.24) is 0 Å². The first-order chi connectivity index (χ1) is 10.3. The zero-order valence-corrected chi connectivity index (χ0v) is 12.0. The van der Waals surface area contributed by atoms with E-state index in [1.54, 1.807) is 0 Å². The van der Waals surface area contributed by atoms with Crippen molar-refractivity contribution in [2.75, 3.05) is 6.61 Å². The van der Waals surface area contributed by atoms with E-state index in [2.05, 4.69) is 30.3 Å². The molecule has 1 saturated carbocycles. The highest BCUT2D eigenvalue weighted by Crippen LogP contribution is 2.36. The maximum absolute atomic E-state index is 5.89. The third kappa shape index (κ3) is 2.49. The van der Waals surface area contributed by atoms with Crippen LogP contribution in [0.5, 0.6) is 11.5 Å². The van der Waals surface area contributed by atoms with Gasteiger partial charge >= 0.3 is 0 Å². The second-order valence-corrected chi connectivity index (χ2v) is 5.77. The fraction of sp³-hybridized carbons (Fsp3) is 0.333. The highest BCUT2D eigenvalue weighted by molar-refractivity contribution is 5.69. The minimum Gasteiger partial charge on any atom is -0.493 e. The molecule has 21 heavy (non-hydrogen) atoms. The van der Waals surface area contributed by atoms with Crippen LogP contribution in [0.2, 0.25) is 0 Å². The molecule has 0 unspecified atom stereocenters. The number of fused-ring (bicyclic) bond motifs is 1. The zero-order chi connectivity index (χ0) is 14.2. The van der Waals surface area contributed by atoms with Gasteiger partial charge in [0.05, 0.1) is 12.7 Å². The number of nitrogens with two attached hydrogens (primary N) is 1. The van der Waals surface area contributed by atoms with E-state index in [4.69, 9.17) is 15.2 Å². The Labute approximate surface area is 124 Å². The van der Waals surface area contributed by atoms with E-state index in [1.165, 1.54) is 29.5 Å². The van der Waals surface area contributed by atoms with Crippen LogP contribution in [0.15, 0.2) is 36.4 Å². The van der Waals surface area contributed by atoms with Gasteiger partial charge in [0.15, 0.2) is 0 Å². The Balaban J connectivity index is 1.72. The van der Waals surface area contributed by atoms with Crippen LogP contribution < -0.4 is 15.2 Å². The lowest BCUT2D eigenvalue weighted by atomic mass is 9.98. The Hall–Kier alpha value is -2.00. The molecule has 0 spiro atoms. The number of ether oxygens (including phenoxy) is 2. The molecule has 2 aromatic carbocycles. The monoisotopic (exact) mass is 281 g/mol. The number of hydrogen-bond donors (Lipinski definition) is 1. The van der Waals surface area contributed by atoms with E-state index in [0.717, 1.165) is 30.1 Å². The van der Waals surface area contributed by atoms with Crippen LogP contribution in [0.1, 0.15) is 24.0 Å². The van der Waals surface area contributed by atoms with Crippen molar-refractivity contribution in [2.24, 2.45) is 5.73 Å². The molecule has 0 saturated heterocycles. The van der Waals surface area contributed by atoms with E-state index in [9.17, 15) is 0 Å². The maximum atomic E-state index is 5.89. The largest absolute Gasteiger partial charge is 0.493 e. The average Bonchev–Trinajstić information content (AvgIpc) is 3.20. The van der Waals surface area contributed by atoms with Gasteiger partial charge in [0, 0.05) is 18.5 Å². The topological polar surface area (TPSA) is 44.5 Å². The smallest absolute Gasteiger partial charge is 0.127 e. The van der Waals surface area contributed by atoms with Gasteiger partial charge in [-0.25, -0.2) is 0 Å². The summed E-state index contributed by atoms with van der Waals surface area (Å²) in [4.78, 5) is 0. The molecule has 4 rings (SSSR count). The van der Waals surface area contributed by atoms with Gasteiger partial charge in [-0.15, -0.1) is 0 Å². The number of hydrogen-bond acceptors (Lipinski definition) is 3. The molecule has 3 nitrogen and oxygen atoms in total. The Kier molecular flexibility index (Phi) is 3.08. The van der Waals surface area contributed by atoms with Crippen molar-refractivity contribution in [2.45, 2.75) is 31.9 Å². The molecule has 0 atom stereocenters. The molecule has 2 aliphatic rings. The highest BCUT2D eigenvalue weighted by atomic mass is 16.5. The van der Waals surface area contributed by atoms with Crippen molar-refractivity contribution in [3.05, 3.63) is 47.5 Å². The van der Waals surface area contributed by atoms with E-state index < -0.39 is 0 Å². The Morgan fingerprint density at radius 3 is 2.86 bits per heavy atom. The van der Waals surface area contributed by atoms with Crippen molar-refractivity contribution >= 4 is 0 Å². The van der Waals surface area contributed by atoms with Crippen molar-refractivity contribution in [1.29, 1.82) is 0 Å². The van der Waals surface area contributed by atoms with E-state index in [-0.39, 0.29) is 0 Å². The van der Waals surface area contributed by atoms with Crippen molar-refractivity contribution in [3.8, 4) is 22.6 Å². The summed E-state index contributed by atoms with van der Waals surface area (Å²) in [5, 5.41) is 0. The first-order valence-electron chi connectivity index (χ1n) is 7.59. The van der Waals surface area contributed by atoms with Crippen LogP contribution in [0.4, 0.5) is 0 Å². The third-order valence-corrected chi connectivity index (χ3v) is 4.07. The lowest BCUT2D eigenvalue weighted by Crippen LogP contribution is -2.00. The molecule has 108 valence electrons. The first-order valence-corrected chi connectivity index (χ1v) is 7.59. The highest BCUT2D eigenvalue weighted by Gasteiger charge is 2.23. The van der Waals surface area contributed by atoms with Gasteiger partial charge in [-0.3, -0.25) is 0 Å². The molecule has 1 heterocycles. The van der Waals surface area contributed by atoms with Crippen LogP contribution >= 0.6 is 0 Å². The standard InChI is InChI=1S/C18H19NO2/c19-11-15-9-14(8-13-6-7-20-18(13)15)12-2-1-3-17(10-12)21-16-4-5-16/h1-3,8-10,16H,4-7,11,19H2. The molecule has 1 aliphatic carbocycles. The quantitative estimate of drug-likeness (QED) is 0.935. The molecule has 3 heteroatoms. The molecule has 0 radical (unpaired) electrons. The lowest BCUT2D eigenvalue weighted by molar-refractivity contribution is 0.303. The molecule has 0 bridgehead atoms. The van der Waals surface area contributed by atoms with E-state index in [1.807, 2.05) is 6.07 Å². The molecular formula is C18H19NO2. The molecular weight excluding hydrogens is 262 g/mol. The van der Waals surface area contributed by atoms with E-state index in [0.29, 0.717) is 12.6 Å². The SMILES string of the molecule is NCc1cc(-c2cccc(OC3CC3)c2)cc2c1OCC2. The summed E-state index contributed by atoms with van der Waals surface area (Å²) >= 11 is 0. The molecule has 0 aromatic heterocycles. The molecule has 2 aromatic rings.